The Morgan fingerprint density at radius 2 is 1.92 bits per heavy atom. The molecule has 0 heterocycles. The number of anilines is 1. The van der Waals surface area contributed by atoms with Gasteiger partial charge < -0.3 is 10.6 Å². The van der Waals surface area contributed by atoms with Crippen molar-refractivity contribution in [3.8, 4) is 0 Å². The molecular formula is C9H10N2OS. The summed E-state index contributed by atoms with van der Waals surface area (Å²) in [7, 11) is 1.62. The zero-order chi connectivity index (χ0) is 9.68. The maximum Gasteiger partial charge on any atom is 0.283 e. The molecule has 0 aliphatic carbocycles. The van der Waals surface area contributed by atoms with Crippen LogP contribution in [0.25, 0.3) is 0 Å². The molecule has 1 aromatic rings. The van der Waals surface area contributed by atoms with Crippen molar-refractivity contribution in [2.24, 2.45) is 0 Å². The average Bonchev–Trinajstić information content (AvgIpc) is 2.18. The number of likely N-dealkylation sites (N-methyl/N-ethyl adjacent to an activating group) is 1. The molecule has 0 aromatic heterocycles. The smallest absolute Gasteiger partial charge is 0.283 e. The molecule has 3 nitrogen and oxygen atoms in total. The maximum atomic E-state index is 11.2. The largest absolute Gasteiger partial charge is 0.375 e. The summed E-state index contributed by atoms with van der Waals surface area (Å²) in [4.78, 5) is 11.4. The lowest BCUT2D eigenvalue weighted by molar-refractivity contribution is -0.110. The SMILES string of the molecule is CNC(=S)C(=O)Nc1ccccc1. The number of benzene rings is 1. The standard InChI is InChI=1S/C9H10N2OS/c1-10-9(13)8(12)11-7-5-3-2-4-6-7/h2-6H,1H3,(H,10,13)(H,11,12). The van der Waals surface area contributed by atoms with Crippen LogP contribution < -0.4 is 10.6 Å². The van der Waals surface area contributed by atoms with Gasteiger partial charge in [0.05, 0.1) is 0 Å². The van der Waals surface area contributed by atoms with E-state index in [1.165, 1.54) is 0 Å². The predicted octanol–water partition coefficient (Wildman–Crippen LogP) is 1.17. The first-order chi connectivity index (χ1) is 6.24. The van der Waals surface area contributed by atoms with Crippen LogP contribution in [0.5, 0.6) is 0 Å². The summed E-state index contributed by atoms with van der Waals surface area (Å²) in [5, 5.41) is 5.25. The summed E-state index contributed by atoms with van der Waals surface area (Å²) >= 11 is 4.75. The number of carbonyl (C=O) groups is 1. The van der Waals surface area contributed by atoms with Gasteiger partial charge in [-0.1, -0.05) is 30.4 Å². The monoisotopic (exact) mass is 194 g/mol. The third-order valence-electron chi connectivity index (χ3n) is 1.46. The Labute approximate surface area is 82.1 Å². The van der Waals surface area contributed by atoms with Crippen molar-refractivity contribution in [1.29, 1.82) is 0 Å². The molecule has 13 heavy (non-hydrogen) atoms. The van der Waals surface area contributed by atoms with E-state index in [0.29, 0.717) is 0 Å². The van der Waals surface area contributed by atoms with E-state index in [1.54, 1.807) is 19.2 Å². The van der Waals surface area contributed by atoms with Crippen LogP contribution in [0.2, 0.25) is 0 Å². The van der Waals surface area contributed by atoms with Crippen molar-refractivity contribution in [1.82, 2.24) is 5.32 Å². The van der Waals surface area contributed by atoms with Crippen molar-refractivity contribution in [3.05, 3.63) is 30.3 Å². The normalized spacial score (nSPS) is 9.00. The fourth-order valence-electron chi connectivity index (χ4n) is 0.823. The van der Waals surface area contributed by atoms with Crippen LogP contribution in [-0.4, -0.2) is 17.9 Å². The Bertz CT molecular complexity index is 311. The van der Waals surface area contributed by atoms with E-state index >= 15 is 0 Å². The zero-order valence-electron chi connectivity index (χ0n) is 7.20. The van der Waals surface area contributed by atoms with E-state index in [9.17, 15) is 4.79 Å². The van der Waals surface area contributed by atoms with Gasteiger partial charge in [-0.25, -0.2) is 0 Å². The summed E-state index contributed by atoms with van der Waals surface area (Å²) < 4.78 is 0. The van der Waals surface area contributed by atoms with Gasteiger partial charge in [0.25, 0.3) is 5.91 Å². The highest BCUT2D eigenvalue weighted by Gasteiger charge is 2.05. The van der Waals surface area contributed by atoms with E-state index in [1.807, 2.05) is 18.2 Å². The minimum absolute atomic E-state index is 0.184. The molecule has 0 unspecified atom stereocenters. The van der Waals surface area contributed by atoms with Crippen molar-refractivity contribution in [2.45, 2.75) is 0 Å². The van der Waals surface area contributed by atoms with E-state index in [0.717, 1.165) is 5.69 Å². The first-order valence-corrected chi connectivity index (χ1v) is 4.23. The number of amides is 1. The van der Waals surface area contributed by atoms with E-state index in [4.69, 9.17) is 12.2 Å². The molecule has 1 rings (SSSR count). The Kier molecular flexibility index (Phi) is 3.40. The third-order valence-corrected chi connectivity index (χ3v) is 1.85. The molecule has 0 fully saturated rings. The van der Waals surface area contributed by atoms with Gasteiger partial charge in [0, 0.05) is 12.7 Å². The molecule has 4 heteroatoms. The van der Waals surface area contributed by atoms with Crippen LogP contribution in [0.3, 0.4) is 0 Å². The molecule has 0 spiro atoms. The maximum absolute atomic E-state index is 11.2. The number of rotatable bonds is 1. The number of hydrogen-bond donors (Lipinski definition) is 2. The molecule has 0 atom stereocenters. The Morgan fingerprint density at radius 1 is 1.31 bits per heavy atom. The molecule has 0 aliphatic heterocycles. The van der Waals surface area contributed by atoms with Gasteiger partial charge in [-0.15, -0.1) is 0 Å². The van der Waals surface area contributed by atoms with E-state index in [-0.39, 0.29) is 10.9 Å². The van der Waals surface area contributed by atoms with Crippen LogP contribution in [-0.2, 0) is 4.79 Å². The van der Waals surface area contributed by atoms with Crippen molar-refractivity contribution in [3.63, 3.8) is 0 Å². The second-order valence-corrected chi connectivity index (χ2v) is 2.81. The number of carbonyl (C=O) groups excluding carboxylic acids is 1. The average molecular weight is 194 g/mol. The molecule has 0 aliphatic rings. The summed E-state index contributed by atoms with van der Waals surface area (Å²) in [6, 6.07) is 9.18. The summed E-state index contributed by atoms with van der Waals surface area (Å²) in [6.45, 7) is 0. The second kappa shape index (κ2) is 4.57. The molecule has 1 aromatic carbocycles. The topological polar surface area (TPSA) is 41.1 Å². The van der Waals surface area contributed by atoms with Gasteiger partial charge in [0.2, 0.25) is 0 Å². The van der Waals surface area contributed by atoms with Gasteiger partial charge in [-0.2, -0.15) is 0 Å². The Morgan fingerprint density at radius 3 is 2.46 bits per heavy atom. The predicted molar refractivity (Wildman–Crippen MR) is 56.7 cm³/mol. The van der Waals surface area contributed by atoms with Gasteiger partial charge in [-0.3, -0.25) is 4.79 Å². The van der Waals surface area contributed by atoms with Crippen LogP contribution >= 0.6 is 12.2 Å². The number of nitrogens with one attached hydrogen (secondary N) is 2. The zero-order valence-corrected chi connectivity index (χ0v) is 8.02. The highest BCUT2D eigenvalue weighted by molar-refractivity contribution is 7.82. The van der Waals surface area contributed by atoms with Crippen LogP contribution in [0.4, 0.5) is 5.69 Å². The first kappa shape index (κ1) is 9.67. The lowest BCUT2D eigenvalue weighted by Crippen LogP contribution is -2.30. The molecule has 0 saturated heterocycles. The lowest BCUT2D eigenvalue weighted by atomic mass is 10.3. The molecule has 1 amide bonds. The minimum atomic E-state index is -0.288. The first-order valence-electron chi connectivity index (χ1n) is 3.82. The highest BCUT2D eigenvalue weighted by atomic mass is 32.1. The summed E-state index contributed by atoms with van der Waals surface area (Å²) in [5.41, 5.74) is 0.741. The van der Waals surface area contributed by atoms with E-state index < -0.39 is 0 Å². The van der Waals surface area contributed by atoms with Crippen molar-refractivity contribution >= 4 is 28.8 Å². The van der Waals surface area contributed by atoms with Crippen molar-refractivity contribution < 1.29 is 4.79 Å². The number of hydrogen-bond acceptors (Lipinski definition) is 2. The fourth-order valence-corrected chi connectivity index (χ4v) is 0.874. The molecule has 0 radical (unpaired) electrons. The molecular weight excluding hydrogens is 184 g/mol. The summed E-state index contributed by atoms with van der Waals surface area (Å²) in [6.07, 6.45) is 0. The highest BCUT2D eigenvalue weighted by Crippen LogP contribution is 2.04. The molecule has 2 N–H and O–H groups in total. The van der Waals surface area contributed by atoms with Crippen LogP contribution in [0.1, 0.15) is 0 Å². The lowest BCUT2D eigenvalue weighted by Gasteiger charge is -2.04. The minimum Gasteiger partial charge on any atom is -0.375 e. The van der Waals surface area contributed by atoms with Gasteiger partial charge in [0.1, 0.15) is 0 Å². The van der Waals surface area contributed by atoms with Gasteiger partial charge in [-0.05, 0) is 12.1 Å². The molecule has 0 saturated carbocycles. The molecule has 0 bridgehead atoms. The Hall–Kier alpha value is -1.42. The third kappa shape index (κ3) is 2.83. The number of para-hydroxylation sites is 1. The summed E-state index contributed by atoms with van der Waals surface area (Å²) in [5.74, 6) is -0.288. The van der Waals surface area contributed by atoms with Crippen LogP contribution in [0, 0.1) is 0 Å². The second-order valence-electron chi connectivity index (χ2n) is 2.40. The Balaban J connectivity index is 2.60. The van der Waals surface area contributed by atoms with Gasteiger partial charge in [0.15, 0.2) is 4.99 Å². The van der Waals surface area contributed by atoms with E-state index in [2.05, 4.69) is 10.6 Å². The number of thiocarbonyl (C=S) groups is 1. The van der Waals surface area contributed by atoms with Crippen LogP contribution in [0.15, 0.2) is 30.3 Å². The molecule has 68 valence electrons. The van der Waals surface area contributed by atoms with Crippen molar-refractivity contribution in [2.75, 3.05) is 12.4 Å². The quantitative estimate of drug-likeness (QED) is 0.659. The fraction of sp³-hybridized carbons (Fsp3) is 0.111. The van der Waals surface area contributed by atoms with Gasteiger partial charge >= 0.3 is 0 Å².